The van der Waals surface area contributed by atoms with Gasteiger partial charge in [0.15, 0.2) is 0 Å². The molecule has 17 heavy (non-hydrogen) atoms. The summed E-state index contributed by atoms with van der Waals surface area (Å²) in [6.07, 6.45) is 0. The van der Waals surface area contributed by atoms with Crippen LogP contribution in [0.15, 0.2) is 54.6 Å². The van der Waals surface area contributed by atoms with Crippen LogP contribution in [0.2, 0.25) is 0 Å². The highest BCUT2D eigenvalue weighted by Crippen LogP contribution is 2.12. The zero-order valence-electron chi connectivity index (χ0n) is 9.51. The Labute approximate surface area is 106 Å². The van der Waals surface area contributed by atoms with Gasteiger partial charge in [-0.25, -0.2) is 0 Å². The third-order valence-electron chi connectivity index (χ3n) is 2.25. The van der Waals surface area contributed by atoms with E-state index in [1.54, 1.807) is 0 Å². The van der Waals surface area contributed by atoms with E-state index < -0.39 is 0 Å². The molecule has 2 aromatic rings. The van der Waals surface area contributed by atoms with Crippen molar-refractivity contribution in [3.05, 3.63) is 60.2 Å². The van der Waals surface area contributed by atoms with Crippen molar-refractivity contribution in [3.63, 3.8) is 0 Å². The van der Waals surface area contributed by atoms with Crippen molar-refractivity contribution in [3.8, 4) is 5.75 Å². The third kappa shape index (κ3) is 3.57. The average Bonchev–Trinajstić information content (AvgIpc) is 2.33. The number of anilines is 1. The summed E-state index contributed by atoms with van der Waals surface area (Å²) in [5, 5.41) is 3.37. The first-order chi connectivity index (χ1) is 8.24. The highest BCUT2D eigenvalue weighted by atomic mass is 32.1. The van der Waals surface area contributed by atoms with Crippen LogP contribution in [-0.4, -0.2) is 5.17 Å². The molecule has 0 spiro atoms. The van der Waals surface area contributed by atoms with E-state index in [2.05, 4.69) is 5.32 Å². The number of ether oxygens (including phenoxy) is 1. The van der Waals surface area contributed by atoms with Crippen molar-refractivity contribution in [2.45, 2.75) is 6.92 Å². The van der Waals surface area contributed by atoms with Crippen LogP contribution >= 0.6 is 12.2 Å². The fraction of sp³-hybridized carbons (Fsp3) is 0.0714. The second-order valence-electron chi connectivity index (χ2n) is 3.69. The van der Waals surface area contributed by atoms with Crippen molar-refractivity contribution < 1.29 is 4.74 Å². The molecule has 0 aromatic heterocycles. The maximum atomic E-state index is 5.47. The second-order valence-corrected chi connectivity index (χ2v) is 4.06. The van der Waals surface area contributed by atoms with Gasteiger partial charge in [0, 0.05) is 5.69 Å². The Balaban J connectivity index is 1.96. The molecule has 0 unspecified atom stereocenters. The molecule has 0 heterocycles. The van der Waals surface area contributed by atoms with Crippen molar-refractivity contribution in [2.75, 3.05) is 5.32 Å². The second kappa shape index (κ2) is 5.46. The molecule has 0 amide bonds. The summed E-state index contributed by atoms with van der Waals surface area (Å²) >= 11 is 5.12. The Morgan fingerprint density at radius 1 is 1.00 bits per heavy atom. The van der Waals surface area contributed by atoms with Crippen LogP contribution in [0.5, 0.6) is 5.75 Å². The number of rotatable bonds is 2. The maximum Gasteiger partial charge on any atom is 0.266 e. The van der Waals surface area contributed by atoms with E-state index in [9.17, 15) is 0 Å². The van der Waals surface area contributed by atoms with Gasteiger partial charge in [0.05, 0.1) is 0 Å². The molecule has 0 saturated heterocycles. The predicted octanol–water partition coefficient (Wildman–Crippen LogP) is 3.77. The molecule has 1 N–H and O–H groups in total. The number of benzene rings is 2. The van der Waals surface area contributed by atoms with E-state index in [-0.39, 0.29) is 0 Å². The van der Waals surface area contributed by atoms with Gasteiger partial charge in [0.25, 0.3) is 5.17 Å². The molecule has 0 aliphatic heterocycles. The molecule has 0 radical (unpaired) electrons. The minimum atomic E-state index is 0.347. The van der Waals surface area contributed by atoms with E-state index in [4.69, 9.17) is 17.0 Å². The summed E-state index contributed by atoms with van der Waals surface area (Å²) in [5.41, 5.74) is 2.14. The Hall–Kier alpha value is -1.87. The fourth-order valence-electron chi connectivity index (χ4n) is 1.38. The van der Waals surface area contributed by atoms with E-state index in [0.29, 0.717) is 5.17 Å². The fourth-order valence-corrected chi connectivity index (χ4v) is 1.59. The van der Waals surface area contributed by atoms with Crippen LogP contribution in [0.4, 0.5) is 5.69 Å². The number of para-hydroxylation sites is 1. The molecular weight excluding hydrogens is 230 g/mol. The van der Waals surface area contributed by atoms with Crippen LogP contribution in [-0.2, 0) is 0 Å². The van der Waals surface area contributed by atoms with E-state index in [1.165, 1.54) is 5.56 Å². The highest BCUT2D eigenvalue weighted by Gasteiger charge is 1.99. The number of aryl methyl sites for hydroxylation is 1. The molecule has 0 aliphatic carbocycles. The van der Waals surface area contributed by atoms with Crippen molar-refractivity contribution >= 4 is 23.1 Å². The first-order valence-electron chi connectivity index (χ1n) is 5.34. The topological polar surface area (TPSA) is 21.3 Å². The maximum absolute atomic E-state index is 5.47. The first kappa shape index (κ1) is 11.6. The molecule has 2 nitrogen and oxygen atoms in total. The molecule has 0 saturated carbocycles. The zero-order valence-corrected chi connectivity index (χ0v) is 10.3. The Kier molecular flexibility index (Phi) is 3.73. The summed E-state index contributed by atoms with van der Waals surface area (Å²) in [6, 6.07) is 17.5. The lowest BCUT2D eigenvalue weighted by atomic mass is 10.2. The Bertz CT molecular complexity index is 493. The van der Waals surface area contributed by atoms with Gasteiger partial charge >= 0.3 is 0 Å². The Morgan fingerprint density at radius 2 is 1.65 bits per heavy atom. The molecule has 3 heteroatoms. The molecule has 0 atom stereocenters. The number of hydrogen-bond donors (Lipinski definition) is 1. The molecule has 0 fully saturated rings. The lowest BCUT2D eigenvalue weighted by Crippen LogP contribution is -2.16. The van der Waals surface area contributed by atoms with Gasteiger partial charge in [-0.1, -0.05) is 35.9 Å². The average molecular weight is 243 g/mol. The predicted molar refractivity (Wildman–Crippen MR) is 74.5 cm³/mol. The van der Waals surface area contributed by atoms with Gasteiger partial charge in [-0.2, -0.15) is 0 Å². The van der Waals surface area contributed by atoms with Gasteiger partial charge in [0.2, 0.25) is 0 Å². The van der Waals surface area contributed by atoms with Crippen LogP contribution in [0, 0.1) is 6.92 Å². The third-order valence-corrected chi connectivity index (χ3v) is 2.44. The zero-order chi connectivity index (χ0) is 12.1. The Morgan fingerprint density at radius 3 is 2.29 bits per heavy atom. The van der Waals surface area contributed by atoms with Crippen LogP contribution < -0.4 is 10.1 Å². The molecule has 0 aliphatic rings. The standard InChI is InChI=1S/C14H13NOS/c1-11-7-9-12(10-8-11)15-14(17)16-13-5-3-2-4-6-13/h2-10H,1H3,(H,15,17). The summed E-state index contributed by atoms with van der Waals surface area (Å²) < 4.78 is 5.47. The van der Waals surface area contributed by atoms with E-state index >= 15 is 0 Å². The first-order valence-corrected chi connectivity index (χ1v) is 5.75. The van der Waals surface area contributed by atoms with E-state index in [0.717, 1.165) is 11.4 Å². The lowest BCUT2D eigenvalue weighted by Gasteiger charge is -2.09. The summed E-state index contributed by atoms with van der Waals surface area (Å²) in [7, 11) is 0. The molecule has 86 valence electrons. The van der Waals surface area contributed by atoms with Crippen LogP contribution in [0.1, 0.15) is 5.56 Å². The van der Waals surface area contributed by atoms with E-state index in [1.807, 2.05) is 61.5 Å². The number of nitrogens with one attached hydrogen (secondary N) is 1. The SMILES string of the molecule is Cc1ccc(NC(=S)Oc2ccccc2)cc1. The summed E-state index contributed by atoms with van der Waals surface area (Å²) in [4.78, 5) is 0. The van der Waals surface area contributed by atoms with Crippen molar-refractivity contribution in [2.24, 2.45) is 0 Å². The normalized spacial score (nSPS) is 9.71. The van der Waals surface area contributed by atoms with Gasteiger partial charge in [-0.15, -0.1) is 0 Å². The molecule has 2 aromatic carbocycles. The number of hydrogen-bond acceptors (Lipinski definition) is 2. The highest BCUT2D eigenvalue weighted by molar-refractivity contribution is 7.80. The van der Waals surface area contributed by atoms with Crippen LogP contribution in [0.3, 0.4) is 0 Å². The largest absolute Gasteiger partial charge is 0.432 e. The van der Waals surface area contributed by atoms with Crippen molar-refractivity contribution in [1.82, 2.24) is 0 Å². The summed E-state index contributed by atoms with van der Waals surface area (Å²) in [6.45, 7) is 2.04. The minimum absolute atomic E-state index is 0.347. The monoisotopic (exact) mass is 243 g/mol. The quantitative estimate of drug-likeness (QED) is 0.811. The van der Waals surface area contributed by atoms with Gasteiger partial charge in [0.1, 0.15) is 5.75 Å². The minimum Gasteiger partial charge on any atom is -0.432 e. The van der Waals surface area contributed by atoms with Gasteiger partial charge in [-0.05, 0) is 43.4 Å². The van der Waals surface area contributed by atoms with Gasteiger partial charge < -0.3 is 10.1 Å². The molecule has 2 rings (SSSR count). The van der Waals surface area contributed by atoms with Crippen molar-refractivity contribution in [1.29, 1.82) is 0 Å². The smallest absolute Gasteiger partial charge is 0.266 e. The number of thiocarbonyl (C=S) groups is 1. The molecular formula is C14H13NOS. The van der Waals surface area contributed by atoms with Crippen LogP contribution in [0.25, 0.3) is 0 Å². The van der Waals surface area contributed by atoms with Gasteiger partial charge in [-0.3, -0.25) is 0 Å². The molecule has 0 bridgehead atoms. The lowest BCUT2D eigenvalue weighted by molar-refractivity contribution is 0.563. The summed E-state index contributed by atoms with van der Waals surface area (Å²) in [5.74, 6) is 0.733.